The molecule has 0 amide bonds. The predicted molar refractivity (Wildman–Crippen MR) is 96.6 cm³/mol. The van der Waals surface area contributed by atoms with E-state index in [1.54, 1.807) is 29.5 Å². The van der Waals surface area contributed by atoms with Gasteiger partial charge in [0.2, 0.25) is 0 Å². The van der Waals surface area contributed by atoms with E-state index >= 15 is 0 Å². The molecule has 3 aromatic rings. The molecule has 6 heteroatoms. The highest BCUT2D eigenvalue weighted by molar-refractivity contribution is 7.98. The average Bonchev–Trinajstić information content (AvgIpc) is 3.05. The van der Waals surface area contributed by atoms with Crippen molar-refractivity contribution in [2.24, 2.45) is 0 Å². The highest BCUT2D eigenvalue weighted by Crippen LogP contribution is 2.25. The molecule has 2 aromatic heterocycles. The van der Waals surface area contributed by atoms with E-state index in [0.29, 0.717) is 17.1 Å². The Balaban J connectivity index is 1.93. The van der Waals surface area contributed by atoms with Gasteiger partial charge in [0.1, 0.15) is 10.6 Å². The molecule has 2 heterocycles. The van der Waals surface area contributed by atoms with Gasteiger partial charge in [-0.3, -0.25) is 9.36 Å². The number of nitrogens with zero attached hydrogens (tertiary/aromatic N) is 2. The first kappa shape index (κ1) is 15.8. The van der Waals surface area contributed by atoms with Crippen molar-refractivity contribution in [2.75, 3.05) is 7.11 Å². The summed E-state index contributed by atoms with van der Waals surface area (Å²) in [5, 5.41) is 3.28. The van der Waals surface area contributed by atoms with E-state index in [1.807, 2.05) is 35.7 Å². The summed E-state index contributed by atoms with van der Waals surface area (Å²) in [6.07, 6.45) is 1.72. The van der Waals surface area contributed by atoms with Gasteiger partial charge in [-0.2, -0.15) is 0 Å². The number of thioether (sulfide) groups is 1. The maximum Gasteiger partial charge on any atom is 0.263 e. The lowest BCUT2D eigenvalue weighted by Crippen LogP contribution is -2.22. The second-order valence-electron chi connectivity index (χ2n) is 4.88. The Morgan fingerprint density at radius 1 is 1.43 bits per heavy atom. The van der Waals surface area contributed by atoms with Crippen LogP contribution in [-0.4, -0.2) is 16.7 Å². The summed E-state index contributed by atoms with van der Waals surface area (Å²) in [5.74, 6) is 1.55. The Hall–Kier alpha value is -2.05. The van der Waals surface area contributed by atoms with Crippen molar-refractivity contribution in [3.05, 3.63) is 64.3 Å². The highest BCUT2D eigenvalue weighted by Gasteiger charge is 2.12. The van der Waals surface area contributed by atoms with Crippen LogP contribution in [0.3, 0.4) is 0 Å². The summed E-state index contributed by atoms with van der Waals surface area (Å²) in [6, 6.07) is 9.73. The molecule has 0 bridgehead atoms. The molecule has 0 radical (unpaired) electrons. The lowest BCUT2D eigenvalue weighted by atomic mass is 10.2. The molecule has 0 unspecified atom stereocenters. The number of allylic oxidation sites excluding steroid dienone is 1. The fraction of sp³-hybridized carbons (Fsp3) is 0.176. The Morgan fingerprint density at radius 2 is 2.30 bits per heavy atom. The number of ether oxygens (including phenoxy) is 1. The molecule has 3 rings (SSSR count). The normalized spacial score (nSPS) is 10.8. The van der Waals surface area contributed by atoms with Gasteiger partial charge in [-0.05, 0) is 29.1 Å². The third-order valence-corrected chi connectivity index (χ3v) is 5.22. The maximum absolute atomic E-state index is 12.6. The van der Waals surface area contributed by atoms with Crippen LogP contribution in [0.4, 0.5) is 0 Å². The standard InChI is InChI=1S/C17H16N2O2S2/c1-3-8-19-16(20)14-7-9-22-15(14)18-17(19)23-11-12-5-4-6-13(10-12)21-2/h3-7,9-10H,1,8,11H2,2H3. The Kier molecular flexibility index (Phi) is 4.83. The number of rotatable bonds is 6. The monoisotopic (exact) mass is 344 g/mol. The molecule has 0 aliphatic carbocycles. The minimum Gasteiger partial charge on any atom is -0.497 e. The van der Waals surface area contributed by atoms with Crippen LogP contribution in [-0.2, 0) is 12.3 Å². The van der Waals surface area contributed by atoms with E-state index in [9.17, 15) is 4.79 Å². The summed E-state index contributed by atoms with van der Waals surface area (Å²) in [7, 11) is 1.65. The molecule has 0 atom stereocenters. The zero-order chi connectivity index (χ0) is 16.2. The molecule has 23 heavy (non-hydrogen) atoms. The van der Waals surface area contributed by atoms with Gasteiger partial charge in [0.15, 0.2) is 5.16 Å². The van der Waals surface area contributed by atoms with Gasteiger partial charge >= 0.3 is 0 Å². The molecule has 0 aliphatic heterocycles. The number of thiophene rings is 1. The van der Waals surface area contributed by atoms with E-state index in [1.165, 1.54) is 11.3 Å². The van der Waals surface area contributed by atoms with Crippen molar-refractivity contribution in [3.8, 4) is 5.75 Å². The van der Waals surface area contributed by atoms with Crippen molar-refractivity contribution in [3.63, 3.8) is 0 Å². The molecular formula is C17H16N2O2S2. The van der Waals surface area contributed by atoms with E-state index in [2.05, 4.69) is 11.6 Å². The summed E-state index contributed by atoms with van der Waals surface area (Å²) in [6.45, 7) is 4.19. The van der Waals surface area contributed by atoms with Crippen LogP contribution in [0.2, 0.25) is 0 Å². The van der Waals surface area contributed by atoms with Gasteiger partial charge in [-0.25, -0.2) is 4.98 Å². The third kappa shape index (κ3) is 3.33. The Morgan fingerprint density at radius 3 is 3.09 bits per heavy atom. The van der Waals surface area contributed by atoms with Gasteiger partial charge in [-0.1, -0.05) is 30.0 Å². The molecular weight excluding hydrogens is 328 g/mol. The minimum absolute atomic E-state index is 0.00991. The van der Waals surface area contributed by atoms with Gasteiger partial charge in [0.05, 0.1) is 12.5 Å². The topological polar surface area (TPSA) is 44.1 Å². The minimum atomic E-state index is -0.00991. The lowest BCUT2D eigenvalue weighted by Gasteiger charge is -2.10. The van der Waals surface area contributed by atoms with Gasteiger partial charge in [0.25, 0.3) is 5.56 Å². The fourth-order valence-electron chi connectivity index (χ4n) is 2.24. The van der Waals surface area contributed by atoms with Gasteiger partial charge < -0.3 is 4.74 Å². The molecule has 0 N–H and O–H groups in total. The molecule has 0 saturated heterocycles. The van der Waals surface area contributed by atoms with Crippen LogP contribution in [0, 0.1) is 0 Å². The molecule has 0 aliphatic rings. The second kappa shape index (κ2) is 7.02. The van der Waals surface area contributed by atoms with Crippen LogP contribution in [0.15, 0.2) is 58.3 Å². The Labute approximate surface area is 142 Å². The average molecular weight is 344 g/mol. The predicted octanol–water partition coefficient (Wildman–Crippen LogP) is 3.94. The highest BCUT2D eigenvalue weighted by atomic mass is 32.2. The molecule has 4 nitrogen and oxygen atoms in total. The summed E-state index contributed by atoms with van der Waals surface area (Å²) in [4.78, 5) is 18.0. The van der Waals surface area contributed by atoms with Crippen LogP contribution >= 0.6 is 23.1 Å². The van der Waals surface area contributed by atoms with Gasteiger partial charge in [0, 0.05) is 12.3 Å². The molecule has 0 fully saturated rings. The number of hydrogen-bond donors (Lipinski definition) is 0. The van der Waals surface area contributed by atoms with Crippen molar-refractivity contribution < 1.29 is 4.74 Å². The zero-order valence-corrected chi connectivity index (χ0v) is 14.3. The van der Waals surface area contributed by atoms with Crippen molar-refractivity contribution in [1.82, 2.24) is 9.55 Å². The summed E-state index contributed by atoms with van der Waals surface area (Å²) >= 11 is 3.03. The van der Waals surface area contributed by atoms with Crippen LogP contribution in [0.5, 0.6) is 5.75 Å². The second-order valence-corrected chi connectivity index (χ2v) is 6.72. The SMILES string of the molecule is C=CCn1c(SCc2cccc(OC)c2)nc2sccc2c1=O. The smallest absolute Gasteiger partial charge is 0.263 e. The van der Waals surface area contributed by atoms with Crippen molar-refractivity contribution in [2.45, 2.75) is 17.5 Å². The van der Waals surface area contributed by atoms with E-state index in [0.717, 1.165) is 21.9 Å². The number of hydrogen-bond acceptors (Lipinski definition) is 5. The summed E-state index contributed by atoms with van der Waals surface area (Å²) < 4.78 is 6.92. The summed E-state index contributed by atoms with van der Waals surface area (Å²) in [5.41, 5.74) is 1.12. The molecule has 1 aromatic carbocycles. The number of aromatic nitrogens is 2. The first-order chi connectivity index (χ1) is 11.2. The van der Waals surface area contributed by atoms with Crippen LogP contribution in [0.25, 0.3) is 10.2 Å². The van der Waals surface area contributed by atoms with Crippen molar-refractivity contribution >= 4 is 33.3 Å². The molecule has 0 spiro atoms. The first-order valence-electron chi connectivity index (χ1n) is 7.07. The largest absolute Gasteiger partial charge is 0.497 e. The maximum atomic E-state index is 12.6. The Bertz CT molecular complexity index is 899. The number of fused-ring (bicyclic) bond motifs is 1. The van der Waals surface area contributed by atoms with Crippen LogP contribution < -0.4 is 10.3 Å². The quantitative estimate of drug-likeness (QED) is 0.386. The molecule has 0 saturated carbocycles. The van der Waals surface area contributed by atoms with E-state index in [4.69, 9.17) is 4.74 Å². The first-order valence-corrected chi connectivity index (χ1v) is 8.94. The van der Waals surface area contributed by atoms with Crippen LogP contribution in [0.1, 0.15) is 5.56 Å². The van der Waals surface area contributed by atoms with E-state index < -0.39 is 0 Å². The number of methoxy groups -OCH3 is 1. The lowest BCUT2D eigenvalue weighted by molar-refractivity contribution is 0.414. The zero-order valence-electron chi connectivity index (χ0n) is 12.7. The molecule has 118 valence electrons. The number of benzene rings is 1. The fourth-order valence-corrected chi connectivity index (χ4v) is 4.00. The van der Waals surface area contributed by atoms with E-state index in [-0.39, 0.29) is 5.56 Å². The van der Waals surface area contributed by atoms with Gasteiger partial charge in [-0.15, -0.1) is 17.9 Å². The van der Waals surface area contributed by atoms with Crippen molar-refractivity contribution in [1.29, 1.82) is 0 Å². The third-order valence-electron chi connectivity index (χ3n) is 3.36.